The Hall–Kier alpha value is -1.50. The van der Waals surface area contributed by atoms with E-state index in [0.29, 0.717) is 6.04 Å². The number of nitrogens with zero attached hydrogens (tertiary/aromatic N) is 3. The van der Waals surface area contributed by atoms with E-state index in [0.717, 1.165) is 56.5 Å². The highest BCUT2D eigenvalue weighted by Gasteiger charge is 2.44. The zero-order valence-corrected chi connectivity index (χ0v) is 12.7. The number of rotatable bonds is 3. The van der Waals surface area contributed by atoms with Crippen LogP contribution in [0.5, 0.6) is 0 Å². The van der Waals surface area contributed by atoms with Crippen molar-refractivity contribution in [3.8, 4) is 0 Å². The van der Waals surface area contributed by atoms with Gasteiger partial charge in [0.05, 0.1) is 6.61 Å². The minimum Gasteiger partial charge on any atom is -0.396 e. The molecule has 2 aromatic rings. The maximum Gasteiger partial charge on any atom is 0.135 e. The first kappa shape index (κ1) is 14.1. The molecule has 1 aromatic carbocycles. The number of likely N-dealkylation sites (tertiary alicyclic amines) is 1. The van der Waals surface area contributed by atoms with E-state index in [9.17, 15) is 5.11 Å². The molecular formula is C16H22N4O2. The van der Waals surface area contributed by atoms with Crippen LogP contribution in [0.3, 0.4) is 0 Å². The predicted octanol–water partition coefficient (Wildman–Crippen LogP) is 1.16. The summed E-state index contributed by atoms with van der Waals surface area (Å²) in [6, 6.07) is 6.55. The first-order valence-corrected chi connectivity index (χ1v) is 8.07. The molecule has 2 saturated heterocycles. The maximum atomic E-state index is 9.98. The van der Waals surface area contributed by atoms with Crippen molar-refractivity contribution >= 4 is 11.0 Å². The molecule has 6 heteroatoms. The third kappa shape index (κ3) is 2.41. The van der Waals surface area contributed by atoms with Gasteiger partial charge in [0, 0.05) is 31.1 Å². The SMILES string of the molecule is OC[C@]12CCCN[C@@H]1CCN(Cc1ccc3nonc3c1)C2. The molecule has 118 valence electrons. The van der Waals surface area contributed by atoms with Gasteiger partial charge in [0.15, 0.2) is 0 Å². The molecule has 0 amide bonds. The van der Waals surface area contributed by atoms with Crippen LogP contribution in [0.4, 0.5) is 0 Å². The number of nitrogens with one attached hydrogen (secondary N) is 1. The maximum absolute atomic E-state index is 9.98. The standard InChI is InChI=1S/C16H22N4O2/c21-11-16-5-1-6-17-15(16)4-7-20(10-16)9-12-2-3-13-14(8-12)19-22-18-13/h2-3,8,15,17,21H,1,4-7,9-11H2/t15-,16-/m1/s1. The fraction of sp³-hybridized carbons (Fsp3) is 0.625. The molecule has 0 unspecified atom stereocenters. The monoisotopic (exact) mass is 302 g/mol. The van der Waals surface area contributed by atoms with E-state index in [-0.39, 0.29) is 12.0 Å². The summed E-state index contributed by atoms with van der Waals surface area (Å²) in [4.78, 5) is 2.45. The van der Waals surface area contributed by atoms with E-state index in [4.69, 9.17) is 4.63 Å². The van der Waals surface area contributed by atoms with E-state index in [1.165, 1.54) is 5.56 Å². The number of aliphatic hydroxyl groups is 1. The van der Waals surface area contributed by atoms with Crippen LogP contribution >= 0.6 is 0 Å². The quantitative estimate of drug-likeness (QED) is 0.886. The molecule has 0 saturated carbocycles. The smallest absolute Gasteiger partial charge is 0.135 e. The lowest BCUT2D eigenvalue weighted by atomic mass is 9.71. The molecule has 0 spiro atoms. The Balaban J connectivity index is 1.51. The summed E-state index contributed by atoms with van der Waals surface area (Å²) in [5, 5.41) is 21.3. The molecule has 0 radical (unpaired) electrons. The van der Waals surface area contributed by atoms with Crippen LogP contribution in [0.1, 0.15) is 24.8 Å². The second-order valence-corrected chi connectivity index (χ2v) is 6.72. The zero-order valence-electron chi connectivity index (χ0n) is 12.7. The van der Waals surface area contributed by atoms with Crippen LogP contribution in [-0.4, -0.2) is 52.6 Å². The lowest BCUT2D eigenvalue weighted by Gasteiger charge is -2.50. The molecular weight excluding hydrogens is 280 g/mol. The van der Waals surface area contributed by atoms with Crippen molar-refractivity contribution in [1.29, 1.82) is 0 Å². The summed E-state index contributed by atoms with van der Waals surface area (Å²) in [7, 11) is 0. The lowest BCUT2D eigenvalue weighted by molar-refractivity contribution is -0.0222. The first-order valence-electron chi connectivity index (χ1n) is 8.07. The van der Waals surface area contributed by atoms with Crippen LogP contribution in [0.15, 0.2) is 22.8 Å². The van der Waals surface area contributed by atoms with Crippen LogP contribution in [0.2, 0.25) is 0 Å². The Morgan fingerprint density at radius 2 is 2.27 bits per heavy atom. The van der Waals surface area contributed by atoms with Crippen molar-refractivity contribution in [2.45, 2.75) is 31.8 Å². The predicted molar refractivity (Wildman–Crippen MR) is 82.2 cm³/mol. The minimum atomic E-state index is 0.0239. The molecule has 4 rings (SSSR count). The Bertz CT molecular complexity index is 658. The van der Waals surface area contributed by atoms with Gasteiger partial charge >= 0.3 is 0 Å². The van der Waals surface area contributed by atoms with Gasteiger partial charge in [0.25, 0.3) is 0 Å². The van der Waals surface area contributed by atoms with Gasteiger partial charge in [0.1, 0.15) is 11.0 Å². The van der Waals surface area contributed by atoms with E-state index in [1.807, 2.05) is 12.1 Å². The molecule has 1 aromatic heterocycles. The van der Waals surface area contributed by atoms with Crippen LogP contribution in [-0.2, 0) is 6.54 Å². The summed E-state index contributed by atoms with van der Waals surface area (Å²) in [6.45, 7) is 4.26. The Morgan fingerprint density at radius 1 is 1.36 bits per heavy atom. The summed E-state index contributed by atoms with van der Waals surface area (Å²) in [5.74, 6) is 0. The fourth-order valence-electron chi connectivity index (χ4n) is 4.10. The zero-order chi connectivity index (χ0) is 15.0. The number of aromatic nitrogens is 2. The minimum absolute atomic E-state index is 0.0239. The first-order chi connectivity index (χ1) is 10.8. The summed E-state index contributed by atoms with van der Waals surface area (Å²) < 4.78 is 4.76. The summed E-state index contributed by atoms with van der Waals surface area (Å²) in [5.41, 5.74) is 2.85. The molecule has 6 nitrogen and oxygen atoms in total. The van der Waals surface area contributed by atoms with Gasteiger partial charge in [-0.3, -0.25) is 4.90 Å². The van der Waals surface area contributed by atoms with Gasteiger partial charge in [-0.15, -0.1) is 0 Å². The number of hydrogen-bond donors (Lipinski definition) is 2. The third-order valence-electron chi connectivity index (χ3n) is 5.29. The largest absolute Gasteiger partial charge is 0.396 e. The number of benzene rings is 1. The number of fused-ring (bicyclic) bond motifs is 2. The number of piperidine rings is 2. The highest BCUT2D eigenvalue weighted by Crippen LogP contribution is 2.37. The van der Waals surface area contributed by atoms with Gasteiger partial charge < -0.3 is 10.4 Å². The normalized spacial score (nSPS) is 29.6. The van der Waals surface area contributed by atoms with E-state index < -0.39 is 0 Å². The Labute approximate surface area is 129 Å². The van der Waals surface area contributed by atoms with E-state index in [2.05, 4.69) is 26.6 Å². The third-order valence-corrected chi connectivity index (χ3v) is 5.29. The Morgan fingerprint density at radius 3 is 3.18 bits per heavy atom. The average molecular weight is 302 g/mol. The summed E-state index contributed by atoms with van der Waals surface area (Å²) in [6.07, 6.45) is 3.37. The topological polar surface area (TPSA) is 74.4 Å². The van der Waals surface area contributed by atoms with Crippen molar-refractivity contribution in [2.75, 3.05) is 26.2 Å². The number of hydrogen-bond acceptors (Lipinski definition) is 6. The Kier molecular flexibility index (Phi) is 3.60. The van der Waals surface area contributed by atoms with Crippen LogP contribution in [0.25, 0.3) is 11.0 Å². The fourth-order valence-corrected chi connectivity index (χ4v) is 4.10. The number of aliphatic hydroxyl groups excluding tert-OH is 1. The van der Waals surface area contributed by atoms with Crippen LogP contribution in [0, 0.1) is 5.41 Å². The van der Waals surface area contributed by atoms with Gasteiger partial charge in [-0.25, -0.2) is 4.63 Å². The molecule has 22 heavy (non-hydrogen) atoms. The van der Waals surface area contributed by atoms with Crippen LogP contribution < -0.4 is 5.32 Å². The molecule has 2 fully saturated rings. The van der Waals surface area contributed by atoms with E-state index in [1.54, 1.807) is 0 Å². The second-order valence-electron chi connectivity index (χ2n) is 6.72. The van der Waals surface area contributed by atoms with Gasteiger partial charge in [0.2, 0.25) is 0 Å². The molecule has 2 N–H and O–H groups in total. The van der Waals surface area contributed by atoms with Gasteiger partial charge in [-0.1, -0.05) is 6.07 Å². The van der Waals surface area contributed by atoms with Crippen molar-refractivity contribution in [1.82, 2.24) is 20.5 Å². The summed E-state index contributed by atoms with van der Waals surface area (Å²) >= 11 is 0. The van der Waals surface area contributed by atoms with Crippen molar-refractivity contribution in [3.05, 3.63) is 23.8 Å². The molecule has 2 aliphatic rings. The van der Waals surface area contributed by atoms with Gasteiger partial charge in [-0.05, 0) is 53.8 Å². The van der Waals surface area contributed by atoms with Gasteiger partial charge in [-0.2, -0.15) is 0 Å². The highest BCUT2D eigenvalue weighted by atomic mass is 16.6. The highest BCUT2D eigenvalue weighted by molar-refractivity contribution is 5.73. The molecule has 2 aliphatic heterocycles. The molecule has 3 heterocycles. The second kappa shape index (κ2) is 5.61. The average Bonchev–Trinajstić information content (AvgIpc) is 3.02. The molecule has 0 aliphatic carbocycles. The van der Waals surface area contributed by atoms with Crippen molar-refractivity contribution in [3.63, 3.8) is 0 Å². The van der Waals surface area contributed by atoms with Crippen molar-refractivity contribution in [2.24, 2.45) is 5.41 Å². The lowest BCUT2D eigenvalue weighted by Crippen LogP contribution is -2.61. The van der Waals surface area contributed by atoms with E-state index >= 15 is 0 Å². The van der Waals surface area contributed by atoms with Crippen molar-refractivity contribution < 1.29 is 9.74 Å². The molecule has 2 atom stereocenters. The molecule has 0 bridgehead atoms.